The lowest BCUT2D eigenvalue weighted by atomic mass is 10.0. The summed E-state index contributed by atoms with van der Waals surface area (Å²) in [5, 5.41) is 35.3. The molecule has 2 aliphatic heterocycles. The molecule has 5 N–H and O–H groups in total. The van der Waals surface area contributed by atoms with Gasteiger partial charge in [0.05, 0.1) is 18.3 Å². The number of oxime groups is 1. The molecule has 4 heterocycles. The zero-order valence-corrected chi connectivity index (χ0v) is 20.4. The molecule has 1 saturated heterocycles. The zero-order valence-electron chi connectivity index (χ0n) is 18.8. The van der Waals surface area contributed by atoms with Crippen molar-refractivity contribution in [1.29, 1.82) is 0 Å². The molecule has 0 bridgehead atoms. The number of thioether (sulfide) groups is 1. The van der Waals surface area contributed by atoms with E-state index < -0.39 is 47.5 Å². The number of fused-ring (bicyclic) bond motifs is 1. The van der Waals surface area contributed by atoms with Crippen molar-refractivity contribution in [2.24, 2.45) is 5.16 Å². The van der Waals surface area contributed by atoms with Gasteiger partial charge in [0.1, 0.15) is 11.4 Å². The number of nitrogens with zero attached hydrogens (tertiary/aromatic N) is 5. The Kier molecular flexibility index (Phi) is 7.65. The fourth-order valence-electron chi connectivity index (χ4n) is 3.66. The normalized spacial score (nSPS) is 19.2. The van der Waals surface area contributed by atoms with Crippen LogP contribution in [-0.2, 0) is 37.2 Å². The average molecular weight is 550 g/mol. The fourth-order valence-corrected chi connectivity index (χ4v) is 5.43. The van der Waals surface area contributed by atoms with Gasteiger partial charge in [-0.1, -0.05) is 5.16 Å². The van der Waals surface area contributed by atoms with Crippen LogP contribution in [0.2, 0.25) is 0 Å². The lowest BCUT2D eigenvalue weighted by molar-refractivity contribution is -0.689. The van der Waals surface area contributed by atoms with E-state index in [4.69, 9.17) is 10.8 Å². The van der Waals surface area contributed by atoms with Crippen LogP contribution in [-0.4, -0.2) is 77.7 Å². The number of carbonyl (C=O) groups excluding carboxylic acids is 3. The Morgan fingerprint density at radius 3 is 2.84 bits per heavy atom. The van der Waals surface area contributed by atoms with E-state index in [1.54, 1.807) is 29.1 Å². The molecule has 2 aromatic rings. The van der Waals surface area contributed by atoms with E-state index in [1.807, 2.05) is 0 Å². The standard InChI is InChI=1S/C20H19N7O8S2/c21-20-23-15(25-37-20)12(24-35-7-11(29)30)16(31)22-13-17(32)27-14(19(33)34)10(8-36-18(13)27)5-26-3-1-2-9(4-26)6-28/h1-4,13,18,28H,5-8H2,(H4-,21,22,23,25,29,30,31,33,34)/b24-12-/t13?,18-/m1/s1. The lowest BCUT2D eigenvalue weighted by Gasteiger charge is -2.50. The van der Waals surface area contributed by atoms with Gasteiger partial charge in [-0.15, -0.1) is 11.8 Å². The van der Waals surface area contributed by atoms with Crippen LogP contribution in [0, 0.1) is 0 Å². The number of nitrogen functional groups attached to an aromatic ring is 1. The van der Waals surface area contributed by atoms with Crippen LogP contribution < -0.4 is 20.7 Å². The number of aromatic nitrogens is 3. The maximum Gasteiger partial charge on any atom is 0.344 e. The third kappa shape index (κ3) is 5.52. The highest BCUT2D eigenvalue weighted by atomic mass is 32.2. The molecule has 194 valence electrons. The van der Waals surface area contributed by atoms with E-state index >= 15 is 0 Å². The van der Waals surface area contributed by atoms with Crippen molar-refractivity contribution >= 4 is 57.9 Å². The SMILES string of the molecule is Nc1nc(/C(=N/OCC(=O)O)C(=O)NC2C(=O)N3C(C(=O)[O-])=C(C[n+]4cccc(CO)c4)CS[C@H]23)ns1. The summed E-state index contributed by atoms with van der Waals surface area (Å²) < 4.78 is 5.54. The number of carboxylic acids is 2. The number of aliphatic hydroxyl groups excluding tert-OH is 1. The fraction of sp³-hybridized carbons (Fsp3) is 0.300. The van der Waals surface area contributed by atoms with Crippen molar-refractivity contribution in [3.63, 3.8) is 0 Å². The van der Waals surface area contributed by atoms with E-state index in [2.05, 4.69) is 24.7 Å². The van der Waals surface area contributed by atoms with Crippen molar-refractivity contribution in [2.75, 3.05) is 18.1 Å². The maximum absolute atomic E-state index is 12.9. The second-order valence-electron chi connectivity index (χ2n) is 7.71. The number of β-lactam (4-membered cyclic amide) rings is 1. The van der Waals surface area contributed by atoms with Gasteiger partial charge in [0.15, 0.2) is 24.1 Å². The molecule has 2 aromatic heterocycles. The zero-order chi connectivity index (χ0) is 26.7. The number of pyridine rings is 1. The van der Waals surface area contributed by atoms with Gasteiger partial charge in [-0.2, -0.15) is 9.36 Å². The Hall–Kier alpha value is -4.09. The lowest BCUT2D eigenvalue weighted by Crippen LogP contribution is -2.71. The van der Waals surface area contributed by atoms with Crippen molar-refractivity contribution in [3.8, 4) is 0 Å². The quantitative estimate of drug-likeness (QED) is 0.0995. The Morgan fingerprint density at radius 2 is 2.19 bits per heavy atom. The van der Waals surface area contributed by atoms with Crippen LogP contribution in [0.5, 0.6) is 0 Å². The van der Waals surface area contributed by atoms with Crippen molar-refractivity contribution < 1.29 is 43.9 Å². The number of aliphatic carboxylic acids is 2. The maximum atomic E-state index is 12.9. The monoisotopic (exact) mass is 549 g/mol. The minimum Gasteiger partial charge on any atom is -0.543 e. The van der Waals surface area contributed by atoms with Gasteiger partial charge in [0, 0.05) is 34.5 Å². The van der Waals surface area contributed by atoms with E-state index in [9.17, 15) is 29.4 Å². The molecule has 0 saturated carbocycles. The molecule has 37 heavy (non-hydrogen) atoms. The summed E-state index contributed by atoms with van der Waals surface area (Å²) in [5.74, 6) is -4.51. The number of carboxylic acid groups (broad SMARTS) is 2. The minimum absolute atomic E-state index is 0.0149. The van der Waals surface area contributed by atoms with Crippen LogP contribution in [0.15, 0.2) is 41.0 Å². The first-order valence-electron chi connectivity index (χ1n) is 10.5. The molecule has 1 fully saturated rings. The first kappa shape index (κ1) is 26.0. The number of anilines is 1. The number of hydrogen-bond acceptors (Lipinski definition) is 13. The first-order chi connectivity index (χ1) is 17.7. The van der Waals surface area contributed by atoms with Gasteiger partial charge >= 0.3 is 5.97 Å². The highest BCUT2D eigenvalue weighted by Gasteiger charge is 2.53. The topological polar surface area (TPSA) is 224 Å². The number of nitrogens with one attached hydrogen (secondary N) is 1. The molecular formula is C20H19N7O8S2. The molecule has 4 rings (SSSR count). The van der Waals surface area contributed by atoms with Crippen LogP contribution in [0.3, 0.4) is 0 Å². The molecule has 2 amide bonds. The van der Waals surface area contributed by atoms with Gasteiger partial charge in [0.2, 0.25) is 18.1 Å². The summed E-state index contributed by atoms with van der Waals surface area (Å²) in [5.41, 5.74) is 5.81. The van der Waals surface area contributed by atoms with Crippen LogP contribution >= 0.6 is 23.3 Å². The predicted octanol–water partition coefficient (Wildman–Crippen LogP) is -3.19. The van der Waals surface area contributed by atoms with E-state index in [-0.39, 0.29) is 35.6 Å². The summed E-state index contributed by atoms with van der Waals surface area (Å²) in [4.78, 5) is 58.1. The molecule has 0 aliphatic carbocycles. The molecule has 0 radical (unpaired) electrons. The third-order valence-corrected chi connectivity index (χ3v) is 7.10. The predicted molar refractivity (Wildman–Crippen MR) is 124 cm³/mol. The minimum atomic E-state index is -1.54. The van der Waals surface area contributed by atoms with Crippen molar-refractivity contribution in [3.05, 3.63) is 47.2 Å². The Labute approximate surface area is 216 Å². The smallest absolute Gasteiger partial charge is 0.344 e. The summed E-state index contributed by atoms with van der Waals surface area (Å²) in [6.45, 7) is -0.884. The Morgan fingerprint density at radius 1 is 1.41 bits per heavy atom. The van der Waals surface area contributed by atoms with Gasteiger partial charge < -0.3 is 36.0 Å². The number of carbonyl (C=O) groups is 4. The van der Waals surface area contributed by atoms with Crippen LogP contribution in [0.1, 0.15) is 11.4 Å². The molecule has 1 unspecified atom stereocenters. The third-order valence-electron chi connectivity index (χ3n) is 5.22. The molecule has 2 aliphatic rings. The number of amides is 2. The molecular weight excluding hydrogens is 530 g/mol. The second kappa shape index (κ2) is 10.9. The largest absolute Gasteiger partial charge is 0.543 e. The Balaban J connectivity index is 1.53. The number of aliphatic hydroxyl groups is 1. The molecule has 15 nitrogen and oxygen atoms in total. The van der Waals surface area contributed by atoms with Crippen LogP contribution in [0.25, 0.3) is 0 Å². The van der Waals surface area contributed by atoms with Crippen molar-refractivity contribution in [2.45, 2.75) is 24.6 Å². The highest BCUT2D eigenvalue weighted by Crippen LogP contribution is 2.40. The summed E-state index contributed by atoms with van der Waals surface area (Å²) in [6.07, 6.45) is 3.35. The van der Waals surface area contributed by atoms with Gasteiger partial charge in [-0.3, -0.25) is 14.5 Å². The van der Waals surface area contributed by atoms with E-state index in [0.29, 0.717) is 11.1 Å². The van der Waals surface area contributed by atoms with Gasteiger partial charge in [-0.05, 0) is 6.07 Å². The molecule has 2 atom stereocenters. The molecule has 0 aromatic carbocycles. The second-order valence-corrected chi connectivity index (χ2v) is 9.59. The average Bonchev–Trinajstić information content (AvgIpc) is 3.30. The van der Waals surface area contributed by atoms with Crippen LogP contribution in [0.4, 0.5) is 5.13 Å². The van der Waals surface area contributed by atoms with E-state index in [1.165, 1.54) is 11.8 Å². The number of nitrogens with two attached hydrogens (primary N) is 1. The summed E-state index contributed by atoms with van der Waals surface area (Å²) in [7, 11) is 0. The number of hydrogen-bond donors (Lipinski definition) is 4. The summed E-state index contributed by atoms with van der Waals surface area (Å²) in [6, 6.07) is 2.30. The first-order valence-corrected chi connectivity index (χ1v) is 12.3. The Bertz CT molecular complexity index is 1330. The van der Waals surface area contributed by atoms with Gasteiger partial charge in [0.25, 0.3) is 11.8 Å². The number of rotatable bonds is 10. The highest BCUT2D eigenvalue weighted by molar-refractivity contribution is 8.00. The molecule has 0 spiro atoms. The van der Waals surface area contributed by atoms with Gasteiger partial charge in [-0.25, -0.2) is 9.36 Å². The molecule has 17 heteroatoms. The van der Waals surface area contributed by atoms with E-state index in [0.717, 1.165) is 16.4 Å². The summed E-state index contributed by atoms with van der Waals surface area (Å²) >= 11 is 2.00. The van der Waals surface area contributed by atoms with Crippen molar-refractivity contribution in [1.82, 2.24) is 19.6 Å².